The molecule has 0 aliphatic carbocycles. The molecule has 5 nitrogen and oxygen atoms in total. The Morgan fingerprint density at radius 3 is 1.88 bits per heavy atom. The average Bonchev–Trinajstić information content (AvgIpc) is 2.15. The van der Waals surface area contributed by atoms with Crippen LogP contribution >= 0.6 is 0 Å². The van der Waals surface area contributed by atoms with Crippen LogP contribution in [0.15, 0.2) is 0 Å². The maximum atomic E-state index is 11.8. The first kappa shape index (κ1) is 16.6. The summed E-state index contributed by atoms with van der Waals surface area (Å²) in [5, 5.41) is 17.2. The van der Waals surface area contributed by atoms with Crippen LogP contribution in [-0.4, -0.2) is 61.2 Å². The van der Waals surface area contributed by atoms with Gasteiger partial charge in [0, 0.05) is 19.5 Å². The molecule has 0 atom stereocenters. The molecule has 0 saturated carbocycles. The first-order valence-electron chi connectivity index (χ1n) is 4.99. The number of halogens is 3. The van der Waals surface area contributed by atoms with Gasteiger partial charge >= 0.3 is 6.18 Å². The van der Waals surface area contributed by atoms with E-state index in [1.807, 2.05) is 0 Å². The van der Waals surface area contributed by atoms with Gasteiger partial charge in [0.1, 0.15) is 0 Å². The Hall–Kier alpha value is -0.380. The number of hydrogen-bond acceptors (Lipinski definition) is 4. The van der Waals surface area contributed by atoms with Crippen molar-refractivity contribution in [1.82, 2.24) is 4.31 Å². The third-order valence-corrected chi connectivity index (χ3v) is 3.91. The molecule has 104 valence electrons. The van der Waals surface area contributed by atoms with E-state index < -0.39 is 48.0 Å². The maximum Gasteiger partial charge on any atom is 0.389 e. The fourth-order valence-corrected chi connectivity index (χ4v) is 2.68. The SMILES string of the molecule is O=S(=O)(CCCC(F)(F)F)N(CCO)CCO. The maximum absolute atomic E-state index is 11.8. The zero-order valence-corrected chi connectivity index (χ0v) is 9.97. The van der Waals surface area contributed by atoms with Crippen molar-refractivity contribution in [1.29, 1.82) is 0 Å². The largest absolute Gasteiger partial charge is 0.395 e. The van der Waals surface area contributed by atoms with Crippen LogP contribution in [-0.2, 0) is 10.0 Å². The molecule has 0 spiro atoms. The van der Waals surface area contributed by atoms with Crippen molar-refractivity contribution < 1.29 is 31.8 Å². The standard InChI is InChI=1S/C8H16F3NO4S/c9-8(10,11)2-1-7-17(15,16)12(3-5-13)4-6-14/h13-14H,1-7H2. The van der Waals surface area contributed by atoms with E-state index in [1.54, 1.807) is 0 Å². The molecular formula is C8H16F3NO4S. The van der Waals surface area contributed by atoms with E-state index in [9.17, 15) is 21.6 Å². The van der Waals surface area contributed by atoms with E-state index >= 15 is 0 Å². The van der Waals surface area contributed by atoms with Crippen LogP contribution in [0, 0.1) is 0 Å². The van der Waals surface area contributed by atoms with Crippen molar-refractivity contribution in [3.05, 3.63) is 0 Å². The minimum Gasteiger partial charge on any atom is -0.395 e. The Bertz CT molecular complexity index is 298. The molecule has 0 amide bonds. The van der Waals surface area contributed by atoms with Crippen molar-refractivity contribution in [2.75, 3.05) is 32.1 Å². The van der Waals surface area contributed by atoms with Gasteiger partial charge in [-0.15, -0.1) is 0 Å². The van der Waals surface area contributed by atoms with Gasteiger partial charge in [0.25, 0.3) is 0 Å². The Labute approximate surface area is 97.9 Å². The van der Waals surface area contributed by atoms with Crippen LogP contribution in [0.5, 0.6) is 0 Å². The molecule has 9 heteroatoms. The van der Waals surface area contributed by atoms with Crippen molar-refractivity contribution in [3.63, 3.8) is 0 Å². The van der Waals surface area contributed by atoms with E-state index in [0.717, 1.165) is 4.31 Å². The average molecular weight is 279 g/mol. The number of aliphatic hydroxyl groups is 2. The summed E-state index contributed by atoms with van der Waals surface area (Å²) in [6.07, 6.45) is -6.08. The highest BCUT2D eigenvalue weighted by Gasteiger charge is 2.28. The molecule has 0 saturated heterocycles. The molecular weight excluding hydrogens is 263 g/mol. The summed E-state index contributed by atoms with van der Waals surface area (Å²) in [6, 6.07) is 0. The molecule has 0 aliphatic rings. The van der Waals surface area contributed by atoms with Crippen LogP contribution in [0.25, 0.3) is 0 Å². The lowest BCUT2D eigenvalue weighted by atomic mass is 10.3. The quantitative estimate of drug-likeness (QED) is 0.653. The van der Waals surface area contributed by atoms with E-state index in [0.29, 0.717) is 0 Å². The van der Waals surface area contributed by atoms with Gasteiger partial charge in [-0.1, -0.05) is 0 Å². The van der Waals surface area contributed by atoms with Crippen molar-refractivity contribution in [2.45, 2.75) is 19.0 Å². The predicted molar refractivity (Wildman–Crippen MR) is 54.8 cm³/mol. The number of nitrogens with zero attached hydrogens (tertiary/aromatic N) is 1. The number of rotatable bonds is 8. The molecule has 0 radical (unpaired) electrons. The van der Waals surface area contributed by atoms with Gasteiger partial charge in [0.05, 0.1) is 19.0 Å². The van der Waals surface area contributed by atoms with Crippen LogP contribution in [0.4, 0.5) is 13.2 Å². The van der Waals surface area contributed by atoms with Gasteiger partial charge < -0.3 is 10.2 Å². The Morgan fingerprint density at radius 2 is 1.53 bits per heavy atom. The lowest BCUT2D eigenvalue weighted by Crippen LogP contribution is -2.37. The third kappa shape index (κ3) is 7.53. The minimum atomic E-state index is -4.38. The fraction of sp³-hybridized carbons (Fsp3) is 1.00. The van der Waals surface area contributed by atoms with Crippen molar-refractivity contribution in [2.24, 2.45) is 0 Å². The normalized spacial score (nSPS) is 13.3. The first-order chi connectivity index (χ1) is 7.73. The summed E-state index contributed by atoms with van der Waals surface area (Å²) in [7, 11) is -3.86. The van der Waals surface area contributed by atoms with E-state index in [4.69, 9.17) is 10.2 Å². The highest BCUT2D eigenvalue weighted by atomic mass is 32.2. The van der Waals surface area contributed by atoms with Crippen LogP contribution in [0.1, 0.15) is 12.8 Å². The van der Waals surface area contributed by atoms with Crippen molar-refractivity contribution >= 4 is 10.0 Å². The van der Waals surface area contributed by atoms with Gasteiger partial charge in [0.15, 0.2) is 0 Å². The number of sulfonamides is 1. The molecule has 0 aliphatic heterocycles. The fourth-order valence-electron chi connectivity index (χ4n) is 1.20. The molecule has 17 heavy (non-hydrogen) atoms. The molecule has 0 fully saturated rings. The van der Waals surface area contributed by atoms with E-state index in [2.05, 4.69) is 0 Å². The lowest BCUT2D eigenvalue weighted by molar-refractivity contribution is -0.134. The lowest BCUT2D eigenvalue weighted by Gasteiger charge is -2.20. The summed E-state index contributed by atoms with van der Waals surface area (Å²) in [6.45, 7) is -1.35. The second-order valence-electron chi connectivity index (χ2n) is 3.38. The summed E-state index contributed by atoms with van der Waals surface area (Å²) in [5.41, 5.74) is 0. The monoisotopic (exact) mass is 279 g/mol. The first-order valence-corrected chi connectivity index (χ1v) is 6.60. The van der Waals surface area contributed by atoms with Gasteiger partial charge in [-0.2, -0.15) is 17.5 Å². The molecule has 0 aromatic heterocycles. The molecule has 2 N–H and O–H groups in total. The summed E-state index contributed by atoms with van der Waals surface area (Å²) in [4.78, 5) is 0. The second-order valence-corrected chi connectivity index (χ2v) is 5.47. The molecule has 0 rings (SSSR count). The van der Waals surface area contributed by atoms with Crippen LogP contribution in [0.3, 0.4) is 0 Å². The van der Waals surface area contributed by atoms with E-state index in [-0.39, 0.29) is 13.1 Å². The Balaban J connectivity index is 4.32. The van der Waals surface area contributed by atoms with Crippen molar-refractivity contribution in [3.8, 4) is 0 Å². The van der Waals surface area contributed by atoms with Gasteiger partial charge in [-0.25, -0.2) is 8.42 Å². The van der Waals surface area contributed by atoms with E-state index in [1.165, 1.54) is 0 Å². The number of alkyl halides is 3. The second kappa shape index (κ2) is 7.14. The minimum absolute atomic E-state index is 0.227. The van der Waals surface area contributed by atoms with Gasteiger partial charge in [-0.05, 0) is 6.42 Å². The molecule has 0 aromatic carbocycles. The smallest absolute Gasteiger partial charge is 0.389 e. The van der Waals surface area contributed by atoms with Crippen LogP contribution < -0.4 is 0 Å². The van der Waals surface area contributed by atoms with Gasteiger partial charge in [0.2, 0.25) is 10.0 Å². The molecule has 0 heterocycles. The Morgan fingerprint density at radius 1 is 1.06 bits per heavy atom. The molecule has 0 aromatic rings. The summed E-state index contributed by atoms with van der Waals surface area (Å²) >= 11 is 0. The number of aliphatic hydroxyl groups excluding tert-OH is 2. The zero-order chi connectivity index (χ0) is 13.5. The zero-order valence-electron chi connectivity index (χ0n) is 9.15. The summed E-state index contributed by atoms with van der Waals surface area (Å²) < 4.78 is 59.4. The highest BCUT2D eigenvalue weighted by molar-refractivity contribution is 7.89. The van der Waals surface area contributed by atoms with Crippen LogP contribution in [0.2, 0.25) is 0 Å². The molecule has 0 unspecified atom stereocenters. The molecule has 0 bridgehead atoms. The summed E-state index contributed by atoms with van der Waals surface area (Å²) in [5.74, 6) is -0.646. The number of hydrogen-bond donors (Lipinski definition) is 2. The van der Waals surface area contributed by atoms with Gasteiger partial charge in [-0.3, -0.25) is 0 Å². The highest BCUT2D eigenvalue weighted by Crippen LogP contribution is 2.22. The topological polar surface area (TPSA) is 77.8 Å². The predicted octanol–water partition coefficient (Wildman–Crippen LogP) is -0.0547. The Kier molecular flexibility index (Phi) is 6.98. The third-order valence-electron chi connectivity index (χ3n) is 1.95.